The molecule has 33 heavy (non-hydrogen) atoms. The van der Waals surface area contributed by atoms with Crippen molar-refractivity contribution < 1.29 is 23.9 Å². The molecule has 2 aromatic rings. The van der Waals surface area contributed by atoms with Gasteiger partial charge in [-0.25, -0.2) is 9.59 Å². The van der Waals surface area contributed by atoms with Crippen LogP contribution < -0.4 is 10.6 Å². The molecule has 0 fully saturated rings. The molecule has 0 unspecified atom stereocenters. The first kappa shape index (κ1) is 25.9. The molecule has 2 amide bonds. The van der Waals surface area contributed by atoms with E-state index in [0.717, 1.165) is 11.1 Å². The predicted octanol–water partition coefficient (Wildman–Crippen LogP) is 4.21. The second kappa shape index (κ2) is 13.3. The largest absolute Gasteiger partial charge is 0.459 e. The fraction of sp³-hybridized carbons (Fsp3) is 0.423. The van der Waals surface area contributed by atoms with E-state index in [1.807, 2.05) is 88.4 Å². The molecule has 0 saturated heterocycles. The number of ether oxygens (including phenoxy) is 2. The Balaban J connectivity index is 1.98. The van der Waals surface area contributed by atoms with Gasteiger partial charge in [-0.3, -0.25) is 4.79 Å². The van der Waals surface area contributed by atoms with Gasteiger partial charge in [0, 0.05) is 0 Å². The highest BCUT2D eigenvalue weighted by Gasteiger charge is 2.32. The van der Waals surface area contributed by atoms with Gasteiger partial charge in [0.05, 0.1) is 0 Å². The molecule has 2 rings (SSSR count). The molecule has 3 atom stereocenters. The van der Waals surface area contributed by atoms with E-state index in [-0.39, 0.29) is 25.0 Å². The van der Waals surface area contributed by atoms with Crippen LogP contribution in [0.25, 0.3) is 0 Å². The highest BCUT2D eigenvalue weighted by Crippen LogP contribution is 2.12. The van der Waals surface area contributed by atoms with Gasteiger partial charge in [-0.15, -0.1) is 0 Å². The maximum Gasteiger partial charge on any atom is 0.408 e. The highest BCUT2D eigenvalue weighted by atomic mass is 16.5. The van der Waals surface area contributed by atoms with Crippen LogP contribution in [0, 0.1) is 11.8 Å². The number of alkyl carbamates (subject to hydrolysis) is 1. The lowest BCUT2D eigenvalue weighted by atomic mass is 9.97. The van der Waals surface area contributed by atoms with E-state index in [4.69, 9.17) is 9.47 Å². The average molecular weight is 455 g/mol. The van der Waals surface area contributed by atoms with Gasteiger partial charge in [-0.1, -0.05) is 94.8 Å². The van der Waals surface area contributed by atoms with Crippen LogP contribution in [0.4, 0.5) is 4.79 Å². The number of hydrogen-bond acceptors (Lipinski definition) is 5. The van der Waals surface area contributed by atoms with Crippen LogP contribution in [0.3, 0.4) is 0 Å². The van der Waals surface area contributed by atoms with Crippen molar-refractivity contribution in [2.75, 3.05) is 0 Å². The van der Waals surface area contributed by atoms with E-state index in [1.165, 1.54) is 0 Å². The molecule has 0 aliphatic carbocycles. The molecule has 0 aliphatic heterocycles. The van der Waals surface area contributed by atoms with Gasteiger partial charge in [-0.05, 0) is 23.0 Å². The van der Waals surface area contributed by atoms with Gasteiger partial charge in [0.15, 0.2) is 0 Å². The summed E-state index contributed by atoms with van der Waals surface area (Å²) in [5.74, 6) is -1.32. The van der Waals surface area contributed by atoms with Crippen molar-refractivity contribution in [2.45, 2.75) is 59.4 Å². The third-order valence-corrected chi connectivity index (χ3v) is 5.42. The fourth-order valence-corrected chi connectivity index (χ4v) is 3.15. The lowest BCUT2D eigenvalue weighted by Crippen LogP contribution is -2.55. The van der Waals surface area contributed by atoms with E-state index >= 15 is 0 Å². The van der Waals surface area contributed by atoms with Gasteiger partial charge in [-0.2, -0.15) is 0 Å². The Bertz CT molecular complexity index is 886. The van der Waals surface area contributed by atoms with Gasteiger partial charge < -0.3 is 20.1 Å². The van der Waals surface area contributed by atoms with Crippen LogP contribution in [0.1, 0.15) is 45.2 Å². The van der Waals surface area contributed by atoms with E-state index in [1.54, 1.807) is 0 Å². The Labute approximate surface area is 195 Å². The summed E-state index contributed by atoms with van der Waals surface area (Å²) in [6.45, 7) is 7.67. The van der Waals surface area contributed by atoms with Crippen LogP contribution in [0.2, 0.25) is 0 Å². The maximum absolute atomic E-state index is 13.1. The first-order valence-electron chi connectivity index (χ1n) is 11.3. The van der Waals surface area contributed by atoms with Gasteiger partial charge in [0.2, 0.25) is 5.91 Å². The average Bonchev–Trinajstić information content (AvgIpc) is 2.83. The van der Waals surface area contributed by atoms with Crippen LogP contribution in [-0.4, -0.2) is 30.1 Å². The van der Waals surface area contributed by atoms with Gasteiger partial charge in [0.25, 0.3) is 0 Å². The summed E-state index contributed by atoms with van der Waals surface area (Å²) in [4.78, 5) is 38.1. The summed E-state index contributed by atoms with van der Waals surface area (Å²) in [5.41, 5.74) is 1.71. The summed E-state index contributed by atoms with van der Waals surface area (Å²) in [6.07, 6.45) is -0.0333. The first-order chi connectivity index (χ1) is 15.8. The molecule has 2 N–H and O–H groups in total. The van der Waals surface area contributed by atoms with Gasteiger partial charge in [0.1, 0.15) is 25.3 Å². The van der Waals surface area contributed by atoms with E-state index < -0.39 is 30.1 Å². The molecule has 7 nitrogen and oxygen atoms in total. The van der Waals surface area contributed by atoms with Crippen molar-refractivity contribution in [3.8, 4) is 0 Å². The molecule has 178 valence electrons. The molecule has 0 aromatic heterocycles. The Morgan fingerprint density at radius 3 is 1.76 bits per heavy atom. The van der Waals surface area contributed by atoms with Crippen LogP contribution in [-0.2, 0) is 32.3 Å². The highest BCUT2D eigenvalue weighted by molar-refractivity contribution is 5.90. The van der Waals surface area contributed by atoms with Crippen molar-refractivity contribution in [3.63, 3.8) is 0 Å². The maximum atomic E-state index is 13.1. The smallest absolute Gasteiger partial charge is 0.408 e. The van der Waals surface area contributed by atoms with Crippen molar-refractivity contribution in [1.29, 1.82) is 0 Å². The van der Waals surface area contributed by atoms with E-state index in [9.17, 15) is 14.4 Å². The summed E-state index contributed by atoms with van der Waals surface area (Å²) >= 11 is 0. The molecule has 0 saturated carbocycles. The lowest BCUT2D eigenvalue weighted by molar-refractivity contribution is -0.150. The lowest BCUT2D eigenvalue weighted by Gasteiger charge is -2.27. The number of carbonyl (C=O) groups excluding carboxylic acids is 3. The third kappa shape index (κ3) is 8.60. The van der Waals surface area contributed by atoms with Crippen molar-refractivity contribution >= 4 is 18.0 Å². The standard InChI is InChI=1S/C26H34N2O5/c1-5-19(4)23(28-26(31)33-17-21-14-10-7-11-15-21)24(29)27-22(18(2)3)25(30)32-16-20-12-8-6-9-13-20/h6-15,18-19,22-23H,5,16-17H2,1-4H3,(H,27,29)(H,28,31)/t19-,22-,23-/m0/s1. The fourth-order valence-electron chi connectivity index (χ4n) is 3.15. The number of esters is 1. The minimum atomic E-state index is -0.846. The minimum absolute atomic E-state index is 0.0992. The zero-order valence-corrected chi connectivity index (χ0v) is 19.7. The zero-order chi connectivity index (χ0) is 24.2. The van der Waals surface area contributed by atoms with Crippen LogP contribution in [0.15, 0.2) is 60.7 Å². The third-order valence-electron chi connectivity index (χ3n) is 5.42. The summed E-state index contributed by atoms with van der Waals surface area (Å²) in [5, 5.41) is 5.42. The minimum Gasteiger partial charge on any atom is -0.459 e. The molecule has 0 spiro atoms. The van der Waals surface area contributed by atoms with Gasteiger partial charge >= 0.3 is 12.1 Å². The number of carbonyl (C=O) groups is 3. The molecular formula is C26H34N2O5. The molecular weight excluding hydrogens is 420 g/mol. The SMILES string of the molecule is CC[C@H](C)[C@H](NC(=O)OCc1ccccc1)C(=O)N[C@H](C(=O)OCc1ccccc1)C(C)C. The number of benzene rings is 2. The molecule has 0 aliphatic rings. The second-order valence-electron chi connectivity index (χ2n) is 8.39. The molecule has 7 heteroatoms. The normalized spacial score (nSPS) is 13.5. The summed E-state index contributed by atoms with van der Waals surface area (Å²) in [7, 11) is 0. The summed E-state index contributed by atoms with van der Waals surface area (Å²) in [6, 6.07) is 16.9. The second-order valence-corrected chi connectivity index (χ2v) is 8.39. The van der Waals surface area contributed by atoms with E-state index in [0.29, 0.717) is 6.42 Å². The zero-order valence-electron chi connectivity index (χ0n) is 19.7. The van der Waals surface area contributed by atoms with Crippen molar-refractivity contribution in [3.05, 3.63) is 71.8 Å². The Morgan fingerprint density at radius 2 is 1.27 bits per heavy atom. The first-order valence-corrected chi connectivity index (χ1v) is 11.3. The van der Waals surface area contributed by atoms with Crippen molar-refractivity contribution in [1.82, 2.24) is 10.6 Å². The number of amides is 2. The van der Waals surface area contributed by atoms with E-state index in [2.05, 4.69) is 10.6 Å². The Kier molecular flexibility index (Phi) is 10.4. The molecule has 0 bridgehead atoms. The Hall–Kier alpha value is -3.35. The topological polar surface area (TPSA) is 93.7 Å². The molecule has 0 radical (unpaired) electrons. The van der Waals surface area contributed by atoms with Crippen LogP contribution in [0.5, 0.6) is 0 Å². The van der Waals surface area contributed by atoms with Crippen LogP contribution >= 0.6 is 0 Å². The monoisotopic (exact) mass is 454 g/mol. The van der Waals surface area contributed by atoms with Crippen molar-refractivity contribution in [2.24, 2.45) is 11.8 Å². The Morgan fingerprint density at radius 1 is 0.758 bits per heavy atom. The molecule has 2 aromatic carbocycles. The number of rotatable bonds is 11. The molecule has 0 heterocycles. The number of nitrogens with one attached hydrogen (secondary N) is 2. The predicted molar refractivity (Wildman–Crippen MR) is 126 cm³/mol. The number of hydrogen-bond donors (Lipinski definition) is 2. The quantitative estimate of drug-likeness (QED) is 0.496. The summed E-state index contributed by atoms with van der Waals surface area (Å²) < 4.78 is 10.7.